The van der Waals surface area contributed by atoms with Crippen molar-refractivity contribution in [2.75, 3.05) is 0 Å². The van der Waals surface area contributed by atoms with Crippen LogP contribution in [0.5, 0.6) is 0 Å². The van der Waals surface area contributed by atoms with E-state index in [1.807, 2.05) is 6.92 Å². The van der Waals surface area contributed by atoms with Crippen LogP contribution < -0.4 is 0 Å². The molecule has 76 valence electrons. The van der Waals surface area contributed by atoms with Crippen molar-refractivity contribution in [1.82, 2.24) is 0 Å². The SMILES string of the molecule is CC(=O)Cc1oc(C)c(C(C)=O)c1C. The van der Waals surface area contributed by atoms with Crippen molar-refractivity contribution in [3.63, 3.8) is 0 Å². The summed E-state index contributed by atoms with van der Waals surface area (Å²) >= 11 is 0. The van der Waals surface area contributed by atoms with Gasteiger partial charge < -0.3 is 4.42 Å². The van der Waals surface area contributed by atoms with Crippen molar-refractivity contribution in [2.45, 2.75) is 34.1 Å². The zero-order valence-corrected chi connectivity index (χ0v) is 8.93. The van der Waals surface area contributed by atoms with Crippen molar-refractivity contribution in [2.24, 2.45) is 0 Å². The van der Waals surface area contributed by atoms with Gasteiger partial charge in [0.1, 0.15) is 17.3 Å². The fourth-order valence-corrected chi connectivity index (χ4v) is 1.62. The normalized spacial score (nSPS) is 10.3. The van der Waals surface area contributed by atoms with Crippen LogP contribution in [0.2, 0.25) is 0 Å². The van der Waals surface area contributed by atoms with E-state index in [1.54, 1.807) is 6.92 Å². The van der Waals surface area contributed by atoms with Crippen LogP contribution in [-0.2, 0) is 11.2 Å². The van der Waals surface area contributed by atoms with Gasteiger partial charge in [-0.15, -0.1) is 0 Å². The molecular weight excluding hydrogens is 180 g/mol. The van der Waals surface area contributed by atoms with Crippen LogP contribution in [0.25, 0.3) is 0 Å². The van der Waals surface area contributed by atoms with Gasteiger partial charge in [-0.05, 0) is 27.7 Å². The van der Waals surface area contributed by atoms with Crippen LogP contribution in [0.3, 0.4) is 0 Å². The van der Waals surface area contributed by atoms with Gasteiger partial charge >= 0.3 is 0 Å². The standard InChI is InChI=1S/C11H14O3/c1-6(12)5-10-7(2)11(8(3)13)9(4)14-10/h5H2,1-4H3. The highest BCUT2D eigenvalue weighted by Gasteiger charge is 2.17. The highest BCUT2D eigenvalue weighted by molar-refractivity contribution is 5.97. The summed E-state index contributed by atoms with van der Waals surface area (Å²) in [5.41, 5.74) is 1.41. The first-order valence-electron chi connectivity index (χ1n) is 4.52. The highest BCUT2D eigenvalue weighted by atomic mass is 16.3. The maximum atomic E-state index is 11.2. The maximum Gasteiger partial charge on any atom is 0.163 e. The van der Waals surface area contributed by atoms with Crippen molar-refractivity contribution in [3.05, 3.63) is 22.6 Å². The molecule has 1 heterocycles. The molecule has 3 heteroatoms. The first-order valence-corrected chi connectivity index (χ1v) is 4.52. The minimum atomic E-state index is -0.0152. The molecule has 0 aliphatic heterocycles. The number of aryl methyl sites for hydroxylation is 1. The lowest BCUT2D eigenvalue weighted by Gasteiger charge is -1.94. The van der Waals surface area contributed by atoms with Crippen LogP contribution in [0, 0.1) is 13.8 Å². The number of ketones is 2. The number of carbonyl (C=O) groups excluding carboxylic acids is 2. The molecular formula is C11H14O3. The summed E-state index contributed by atoms with van der Waals surface area (Å²) < 4.78 is 5.38. The summed E-state index contributed by atoms with van der Waals surface area (Å²) in [5, 5.41) is 0. The summed E-state index contributed by atoms with van der Waals surface area (Å²) in [6.07, 6.45) is 0.264. The Kier molecular flexibility index (Phi) is 2.89. The molecule has 0 spiro atoms. The highest BCUT2D eigenvalue weighted by Crippen LogP contribution is 2.22. The topological polar surface area (TPSA) is 47.3 Å². The molecule has 0 bridgehead atoms. The van der Waals surface area contributed by atoms with Crippen molar-refractivity contribution in [1.29, 1.82) is 0 Å². The van der Waals surface area contributed by atoms with Gasteiger partial charge in [0, 0.05) is 5.56 Å². The minimum absolute atomic E-state index is 0.0152. The molecule has 0 amide bonds. The molecule has 0 aliphatic rings. The van der Waals surface area contributed by atoms with Crippen molar-refractivity contribution >= 4 is 11.6 Å². The predicted octanol–water partition coefficient (Wildman–Crippen LogP) is 2.23. The van der Waals surface area contributed by atoms with Gasteiger partial charge in [0.25, 0.3) is 0 Å². The third-order valence-corrected chi connectivity index (χ3v) is 2.18. The second kappa shape index (κ2) is 3.78. The smallest absolute Gasteiger partial charge is 0.163 e. The molecule has 14 heavy (non-hydrogen) atoms. The van der Waals surface area contributed by atoms with Gasteiger partial charge in [-0.2, -0.15) is 0 Å². The fraction of sp³-hybridized carbons (Fsp3) is 0.455. The van der Waals surface area contributed by atoms with E-state index in [0.717, 1.165) is 5.56 Å². The number of rotatable bonds is 3. The molecule has 0 aromatic carbocycles. The predicted molar refractivity (Wildman–Crippen MR) is 52.6 cm³/mol. The van der Waals surface area contributed by atoms with Gasteiger partial charge in [-0.1, -0.05) is 0 Å². The molecule has 0 N–H and O–H groups in total. The van der Waals surface area contributed by atoms with Crippen molar-refractivity contribution in [3.8, 4) is 0 Å². The first kappa shape index (κ1) is 10.7. The third kappa shape index (κ3) is 1.92. The van der Waals surface area contributed by atoms with Gasteiger partial charge in [0.05, 0.1) is 12.0 Å². The zero-order chi connectivity index (χ0) is 10.9. The second-order valence-corrected chi connectivity index (χ2v) is 3.52. The van der Waals surface area contributed by atoms with Gasteiger partial charge in [-0.3, -0.25) is 9.59 Å². The van der Waals surface area contributed by atoms with E-state index in [0.29, 0.717) is 17.1 Å². The molecule has 3 nitrogen and oxygen atoms in total. The number of Topliss-reactive ketones (excluding diaryl/α,β-unsaturated/α-hetero) is 2. The lowest BCUT2D eigenvalue weighted by atomic mass is 10.1. The lowest BCUT2D eigenvalue weighted by molar-refractivity contribution is -0.116. The Bertz CT molecular complexity index is 385. The van der Waals surface area contributed by atoms with Crippen LogP contribution in [-0.4, -0.2) is 11.6 Å². The zero-order valence-electron chi connectivity index (χ0n) is 8.93. The number of furan rings is 1. The molecule has 0 saturated heterocycles. The number of carbonyl (C=O) groups is 2. The fourth-order valence-electron chi connectivity index (χ4n) is 1.62. The van der Waals surface area contributed by atoms with E-state index in [4.69, 9.17) is 4.42 Å². The van der Waals surface area contributed by atoms with E-state index < -0.39 is 0 Å². The largest absolute Gasteiger partial charge is 0.465 e. The molecule has 1 aromatic rings. The molecule has 0 saturated carbocycles. The molecule has 1 rings (SSSR count). The Morgan fingerprint density at radius 1 is 1.21 bits per heavy atom. The van der Waals surface area contributed by atoms with Crippen LogP contribution >= 0.6 is 0 Å². The van der Waals surface area contributed by atoms with E-state index in [9.17, 15) is 9.59 Å². The lowest BCUT2D eigenvalue weighted by Crippen LogP contribution is -1.98. The number of hydrogen-bond acceptors (Lipinski definition) is 3. The van der Waals surface area contributed by atoms with Crippen molar-refractivity contribution < 1.29 is 14.0 Å². The summed E-state index contributed by atoms with van der Waals surface area (Å²) in [7, 11) is 0. The van der Waals surface area contributed by atoms with Gasteiger partial charge in [0.2, 0.25) is 0 Å². The quantitative estimate of drug-likeness (QED) is 0.693. The number of hydrogen-bond donors (Lipinski definition) is 0. The summed E-state index contributed by atoms with van der Waals surface area (Å²) in [6.45, 7) is 6.56. The van der Waals surface area contributed by atoms with Crippen LogP contribution in [0.15, 0.2) is 4.42 Å². The Labute approximate surface area is 83.1 Å². The summed E-state index contributed by atoms with van der Waals surface area (Å²) in [6, 6.07) is 0. The van der Waals surface area contributed by atoms with E-state index >= 15 is 0 Å². The molecule has 0 unspecified atom stereocenters. The van der Waals surface area contributed by atoms with Gasteiger partial charge in [-0.25, -0.2) is 0 Å². The maximum absolute atomic E-state index is 11.2. The monoisotopic (exact) mass is 194 g/mol. The average Bonchev–Trinajstić information content (AvgIpc) is 2.25. The second-order valence-electron chi connectivity index (χ2n) is 3.52. The molecule has 0 fully saturated rings. The van der Waals surface area contributed by atoms with E-state index in [-0.39, 0.29) is 18.0 Å². The van der Waals surface area contributed by atoms with Gasteiger partial charge in [0.15, 0.2) is 5.78 Å². The molecule has 0 atom stereocenters. The Morgan fingerprint density at radius 2 is 1.79 bits per heavy atom. The summed E-state index contributed by atoms with van der Waals surface area (Å²) in [4.78, 5) is 22.2. The van der Waals surface area contributed by atoms with Crippen LogP contribution in [0.1, 0.15) is 41.3 Å². The third-order valence-electron chi connectivity index (χ3n) is 2.18. The minimum Gasteiger partial charge on any atom is -0.465 e. The average molecular weight is 194 g/mol. The Hall–Kier alpha value is -1.38. The molecule has 1 aromatic heterocycles. The summed E-state index contributed by atoms with van der Waals surface area (Å²) in [5.74, 6) is 1.24. The first-order chi connectivity index (χ1) is 6.43. The molecule has 0 aliphatic carbocycles. The Morgan fingerprint density at radius 3 is 2.14 bits per heavy atom. The van der Waals surface area contributed by atoms with Crippen LogP contribution in [0.4, 0.5) is 0 Å². The molecule has 0 radical (unpaired) electrons. The van der Waals surface area contributed by atoms with E-state index in [1.165, 1.54) is 13.8 Å². The van der Waals surface area contributed by atoms with E-state index in [2.05, 4.69) is 0 Å². The Balaban J connectivity index is 3.16.